The standard InChI is InChI=1S/C17H13BrN2O/c1-10-2-4-11(5-3-10)16-9-14(17(19)21)13-8-12(18)6-7-15(13)20-16/h2-9H,1H3,(H2,19,21). The van der Waals surface area contributed by atoms with Crippen LogP contribution in [0.15, 0.2) is 53.0 Å². The van der Waals surface area contributed by atoms with Gasteiger partial charge in [0, 0.05) is 15.4 Å². The van der Waals surface area contributed by atoms with Crippen molar-refractivity contribution in [2.75, 3.05) is 0 Å². The summed E-state index contributed by atoms with van der Waals surface area (Å²) in [4.78, 5) is 16.4. The summed E-state index contributed by atoms with van der Waals surface area (Å²) >= 11 is 3.41. The van der Waals surface area contributed by atoms with E-state index >= 15 is 0 Å². The van der Waals surface area contributed by atoms with Gasteiger partial charge >= 0.3 is 0 Å². The van der Waals surface area contributed by atoms with E-state index in [2.05, 4.69) is 20.9 Å². The van der Waals surface area contributed by atoms with Crippen LogP contribution >= 0.6 is 15.9 Å². The number of nitrogens with zero attached hydrogens (tertiary/aromatic N) is 1. The Hall–Kier alpha value is -2.20. The number of amides is 1. The van der Waals surface area contributed by atoms with Crippen LogP contribution in [0.4, 0.5) is 0 Å². The Labute approximate surface area is 130 Å². The average Bonchev–Trinajstić information content (AvgIpc) is 2.46. The largest absolute Gasteiger partial charge is 0.366 e. The Bertz CT molecular complexity index is 841. The number of hydrogen-bond acceptors (Lipinski definition) is 2. The van der Waals surface area contributed by atoms with Gasteiger partial charge in [-0.25, -0.2) is 4.98 Å². The van der Waals surface area contributed by atoms with Crippen LogP contribution in [0.1, 0.15) is 15.9 Å². The summed E-state index contributed by atoms with van der Waals surface area (Å²) in [5.74, 6) is -0.450. The maximum absolute atomic E-state index is 11.7. The maximum Gasteiger partial charge on any atom is 0.249 e. The van der Waals surface area contributed by atoms with Crippen LogP contribution in [-0.4, -0.2) is 10.9 Å². The van der Waals surface area contributed by atoms with Crippen LogP contribution in [0.25, 0.3) is 22.2 Å². The zero-order chi connectivity index (χ0) is 15.0. The van der Waals surface area contributed by atoms with Gasteiger partial charge in [0.2, 0.25) is 5.91 Å². The molecule has 0 aliphatic rings. The molecule has 1 amide bonds. The lowest BCUT2D eigenvalue weighted by Gasteiger charge is -2.08. The fourth-order valence-electron chi connectivity index (χ4n) is 2.27. The lowest BCUT2D eigenvalue weighted by Crippen LogP contribution is -2.12. The van der Waals surface area contributed by atoms with Crippen molar-refractivity contribution in [3.63, 3.8) is 0 Å². The van der Waals surface area contributed by atoms with Gasteiger partial charge < -0.3 is 5.73 Å². The second-order valence-corrected chi connectivity index (χ2v) is 5.86. The Morgan fingerprint density at radius 2 is 1.81 bits per heavy atom. The number of nitrogens with two attached hydrogens (primary N) is 1. The molecule has 3 nitrogen and oxygen atoms in total. The highest BCUT2D eigenvalue weighted by Crippen LogP contribution is 2.27. The predicted octanol–water partition coefficient (Wildman–Crippen LogP) is 4.07. The van der Waals surface area contributed by atoms with E-state index < -0.39 is 5.91 Å². The second kappa shape index (κ2) is 5.30. The van der Waals surface area contributed by atoms with Gasteiger partial charge in [-0.15, -0.1) is 0 Å². The molecule has 0 unspecified atom stereocenters. The average molecular weight is 341 g/mol. The molecule has 1 heterocycles. The van der Waals surface area contributed by atoms with Gasteiger partial charge in [-0.1, -0.05) is 45.8 Å². The fraction of sp³-hybridized carbons (Fsp3) is 0.0588. The van der Waals surface area contributed by atoms with Gasteiger partial charge in [-0.05, 0) is 31.2 Å². The summed E-state index contributed by atoms with van der Waals surface area (Å²) < 4.78 is 0.891. The van der Waals surface area contributed by atoms with Crippen LogP contribution in [0.5, 0.6) is 0 Å². The van der Waals surface area contributed by atoms with Gasteiger partial charge in [-0.3, -0.25) is 4.79 Å². The molecule has 0 fully saturated rings. The first kappa shape index (κ1) is 13.8. The summed E-state index contributed by atoms with van der Waals surface area (Å²) in [5.41, 5.74) is 9.65. The van der Waals surface area contributed by atoms with Crippen molar-refractivity contribution in [1.82, 2.24) is 4.98 Å². The topological polar surface area (TPSA) is 56.0 Å². The number of halogens is 1. The number of carbonyl (C=O) groups is 1. The molecule has 1 aromatic heterocycles. The molecule has 0 radical (unpaired) electrons. The normalized spacial score (nSPS) is 10.8. The summed E-state index contributed by atoms with van der Waals surface area (Å²) in [6.07, 6.45) is 0. The molecule has 0 aliphatic carbocycles. The highest BCUT2D eigenvalue weighted by atomic mass is 79.9. The highest BCUT2D eigenvalue weighted by Gasteiger charge is 2.12. The minimum Gasteiger partial charge on any atom is -0.366 e. The lowest BCUT2D eigenvalue weighted by atomic mass is 10.0. The van der Waals surface area contributed by atoms with Crippen molar-refractivity contribution in [3.8, 4) is 11.3 Å². The summed E-state index contributed by atoms with van der Waals surface area (Å²) in [6.45, 7) is 2.03. The Balaban J connectivity index is 2.28. The van der Waals surface area contributed by atoms with Crippen molar-refractivity contribution < 1.29 is 4.79 Å². The zero-order valence-electron chi connectivity index (χ0n) is 11.4. The van der Waals surface area contributed by atoms with Crippen LogP contribution in [0.3, 0.4) is 0 Å². The lowest BCUT2D eigenvalue weighted by molar-refractivity contribution is 0.100. The molecule has 2 N–H and O–H groups in total. The van der Waals surface area contributed by atoms with Crippen LogP contribution in [0.2, 0.25) is 0 Å². The van der Waals surface area contributed by atoms with Gasteiger partial charge in [-0.2, -0.15) is 0 Å². The van der Waals surface area contributed by atoms with E-state index in [1.54, 1.807) is 6.07 Å². The Kier molecular flexibility index (Phi) is 3.47. The van der Waals surface area contributed by atoms with Crippen molar-refractivity contribution in [1.29, 1.82) is 0 Å². The second-order valence-electron chi connectivity index (χ2n) is 4.95. The minimum absolute atomic E-state index is 0.450. The molecular weight excluding hydrogens is 328 g/mol. The molecule has 0 atom stereocenters. The van der Waals surface area contributed by atoms with E-state index in [0.717, 1.165) is 26.6 Å². The Morgan fingerprint density at radius 1 is 1.10 bits per heavy atom. The molecule has 2 aromatic carbocycles. The molecule has 0 spiro atoms. The van der Waals surface area contributed by atoms with E-state index in [9.17, 15) is 4.79 Å². The number of primary amides is 1. The quantitative estimate of drug-likeness (QED) is 0.764. The van der Waals surface area contributed by atoms with Gasteiger partial charge in [0.05, 0.1) is 16.8 Å². The van der Waals surface area contributed by atoms with Gasteiger partial charge in [0.25, 0.3) is 0 Å². The molecule has 0 saturated heterocycles. The van der Waals surface area contributed by atoms with Crippen molar-refractivity contribution in [3.05, 3.63) is 64.1 Å². The van der Waals surface area contributed by atoms with E-state index in [0.29, 0.717) is 5.56 Å². The third kappa shape index (κ3) is 2.67. The molecule has 3 aromatic rings. The fourth-order valence-corrected chi connectivity index (χ4v) is 2.64. The third-order valence-electron chi connectivity index (χ3n) is 3.38. The highest BCUT2D eigenvalue weighted by molar-refractivity contribution is 9.10. The number of rotatable bonds is 2. The SMILES string of the molecule is Cc1ccc(-c2cc(C(N)=O)c3cc(Br)ccc3n2)cc1. The summed E-state index contributed by atoms with van der Waals surface area (Å²) in [6, 6.07) is 15.4. The zero-order valence-corrected chi connectivity index (χ0v) is 13.0. The van der Waals surface area contributed by atoms with Crippen LogP contribution < -0.4 is 5.73 Å². The van der Waals surface area contributed by atoms with Crippen LogP contribution in [-0.2, 0) is 0 Å². The molecule has 0 aliphatic heterocycles. The summed E-state index contributed by atoms with van der Waals surface area (Å²) in [7, 11) is 0. The predicted molar refractivity (Wildman–Crippen MR) is 88.1 cm³/mol. The molecule has 4 heteroatoms. The first-order valence-electron chi connectivity index (χ1n) is 6.52. The molecule has 0 saturated carbocycles. The molecular formula is C17H13BrN2O. The van der Waals surface area contributed by atoms with Gasteiger partial charge in [0.15, 0.2) is 0 Å². The number of aryl methyl sites for hydroxylation is 1. The number of hydrogen-bond donors (Lipinski definition) is 1. The van der Waals surface area contributed by atoms with Crippen molar-refractivity contribution >= 4 is 32.7 Å². The van der Waals surface area contributed by atoms with E-state index in [1.807, 2.05) is 49.4 Å². The number of pyridine rings is 1. The van der Waals surface area contributed by atoms with Gasteiger partial charge in [0.1, 0.15) is 0 Å². The third-order valence-corrected chi connectivity index (χ3v) is 3.88. The first-order chi connectivity index (χ1) is 10.0. The Morgan fingerprint density at radius 3 is 2.48 bits per heavy atom. The number of carbonyl (C=O) groups excluding carboxylic acids is 1. The first-order valence-corrected chi connectivity index (χ1v) is 7.31. The molecule has 21 heavy (non-hydrogen) atoms. The van der Waals surface area contributed by atoms with Crippen LogP contribution in [0, 0.1) is 6.92 Å². The van der Waals surface area contributed by atoms with E-state index in [1.165, 1.54) is 5.56 Å². The number of benzene rings is 2. The summed E-state index contributed by atoms with van der Waals surface area (Å²) in [5, 5.41) is 0.757. The minimum atomic E-state index is -0.450. The van der Waals surface area contributed by atoms with Crippen molar-refractivity contribution in [2.45, 2.75) is 6.92 Å². The molecule has 3 rings (SSSR count). The van der Waals surface area contributed by atoms with E-state index in [4.69, 9.17) is 5.73 Å². The smallest absolute Gasteiger partial charge is 0.249 e. The molecule has 0 bridgehead atoms. The molecule has 104 valence electrons. The number of fused-ring (bicyclic) bond motifs is 1. The maximum atomic E-state index is 11.7. The monoisotopic (exact) mass is 340 g/mol. The number of aromatic nitrogens is 1. The van der Waals surface area contributed by atoms with Crippen molar-refractivity contribution in [2.24, 2.45) is 5.73 Å². The van der Waals surface area contributed by atoms with E-state index in [-0.39, 0.29) is 0 Å².